The summed E-state index contributed by atoms with van der Waals surface area (Å²) in [4.78, 5) is 19.4. The highest BCUT2D eigenvalue weighted by atomic mass is 16.5. The van der Waals surface area contributed by atoms with Gasteiger partial charge in [0, 0.05) is 30.7 Å². The van der Waals surface area contributed by atoms with E-state index in [1.165, 1.54) is 11.3 Å². The Morgan fingerprint density at radius 2 is 2.12 bits per heavy atom. The maximum atomic E-state index is 12.8. The number of aryl methyl sites for hydroxylation is 3. The highest BCUT2D eigenvalue weighted by molar-refractivity contribution is 6.12. The van der Waals surface area contributed by atoms with Crippen LogP contribution in [-0.2, 0) is 6.42 Å². The lowest BCUT2D eigenvalue weighted by Crippen LogP contribution is -2.24. The molecule has 6 nitrogen and oxygen atoms in total. The summed E-state index contributed by atoms with van der Waals surface area (Å²) in [6.45, 7) is 4.72. The number of fused-ring (bicyclic) bond motifs is 2. The van der Waals surface area contributed by atoms with Gasteiger partial charge in [0.25, 0.3) is 11.6 Å². The van der Waals surface area contributed by atoms with Crippen molar-refractivity contribution in [1.82, 2.24) is 10.1 Å². The van der Waals surface area contributed by atoms with Gasteiger partial charge in [-0.15, -0.1) is 0 Å². The van der Waals surface area contributed by atoms with E-state index in [0.717, 1.165) is 30.8 Å². The van der Waals surface area contributed by atoms with Crippen molar-refractivity contribution in [2.45, 2.75) is 26.7 Å². The van der Waals surface area contributed by atoms with Crippen molar-refractivity contribution in [3.05, 3.63) is 46.8 Å². The fourth-order valence-corrected chi connectivity index (χ4v) is 3.46. The Morgan fingerprint density at radius 1 is 1.28 bits per heavy atom. The summed E-state index contributed by atoms with van der Waals surface area (Å²) in [5, 5.41) is 7.60. The van der Waals surface area contributed by atoms with E-state index in [1.54, 1.807) is 6.07 Å². The highest BCUT2D eigenvalue weighted by Gasteiger charge is 2.19. The third-order valence-electron chi connectivity index (χ3n) is 4.68. The SMILES string of the molecule is Cc1cc(C(=O)Nc2ccc3c(c2)CCCN3C)c2c(C)noc2n1. The maximum Gasteiger partial charge on any atom is 0.258 e. The summed E-state index contributed by atoms with van der Waals surface area (Å²) in [5.41, 5.74) is 5.63. The lowest BCUT2D eigenvalue weighted by molar-refractivity contribution is 0.102. The van der Waals surface area contributed by atoms with Gasteiger partial charge in [-0.05, 0) is 56.5 Å². The molecule has 0 aliphatic carbocycles. The van der Waals surface area contributed by atoms with Crippen molar-refractivity contribution in [2.75, 3.05) is 23.8 Å². The van der Waals surface area contributed by atoms with Crippen molar-refractivity contribution in [3.8, 4) is 0 Å². The molecule has 0 unspecified atom stereocenters. The van der Waals surface area contributed by atoms with Crippen LogP contribution in [0.3, 0.4) is 0 Å². The minimum atomic E-state index is -0.175. The van der Waals surface area contributed by atoms with Crippen LogP contribution in [0.2, 0.25) is 0 Å². The minimum Gasteiger partial charge on any atom is -0.374 e. The molecule has 3 heterocycles. The third kappa shape index (κ3) is 2.73. The molecule has 1 aliphatic heterocycles. The van der Waals surface area contributed by atoms with Gasteiger partial charge in [-0.2, -0.15) is 0 Å². The molecule has 2 aromatic heterocycles. The number of nitrogens with zero attached hydrogens (tertiary/aromatic N) is 3. The number of hydrogen-bond donors (Lipinski definition) is 1. The van der Waals surface area contributed by atoms with Gasteiger partial charge in [0.1, 0.15) is 0 Å². The molecule has 0 saturated carbocycles. The summed E-state index contributed by atoms with van der Waals surface area (Å²) in [6.07, 6.45) is 2.16. The first-order chi connectivity index (χ1) is 12.0. The zero-order valence-corrected chi connectivity index (χ0v) is 14.6. The minimum absolute atomic E-state index is 0.175. The standard InChI is InChI=1S/C19H20N4O2/c1-11-9-15(17-12(2)22-25-19(17)20-11)18(24)21-14-6-7-16-13(10-14)5-4-8-23(16)3/h6-7,9-10H,4-5,8H2,1-3H3,(H,21,24). The van der Waals surface area contributed by atoms with Crippen molar-refractivity contribution >= 4 is 28.4 Å². The van der Waals surface area contributed by atoms with Gasteiger partial charge < -0.3 is 14.7 Å². The van der Waals surface area contributed by atoms with E-state index in [2.05, 4.69) is 39.5 Å². The monoisotopic (exact) mass is 336 g/mol. The zero-order chi connectivity index (χ0) is 17.6. The number of nitrogens with one attached hydrogen (secondary N) is 1. The zero-order valence-electron chi connectivity index (χ0n) is 14.6. The van der Waals surface area contributed by atoms with Crippen LogP contribution >= 0.6 is 0 Å². The second kappa shape index (κ2) is 5.88. The topological polar surface area (TPSA) is 71.3 Å². The first-order valence-corrected chi connectivity index (χ1v) is 8.42. The Morgan fingerprint density at radius 3 is 2.96 bits per heavy atom. The van der Waals surface area contributed by atoms with Crippen LogP contribution < -0.4 is 10.2 Å². The molecule has 0 atom stereocenters. The van der Waals surface area contributed by atoms with Gasteiger partial charge in [0.2, 0.25) is 0 Å². The summed E-state index contributed by atoms with van der Waals surface area (Å²) >= 11 is 0. The molecule has 1 N–H and O–H groups in total. The van der Waals surface area contributed by atoms with E-state index in [4.69, 9.17) is 4.52 Å². The van der Waals surface area contributed by atoms with Gasteiger partial charge >= 0.3 is 0 Å². The quantitative estimate of drug-likeness (QED) is 0.776. The second-order valence-electron chi connectivity index (χ2n) is 6.58. The van der Waals surface area contributed by atoms with Crippen molar-refractivity contribution in [1.29, 1.82) is 0 Å². The van der Waals surface area contributed by atoms with Crippen molar-refractivity contribution in [2.24, 2.45) is 0 Å². The summed E-state index contributed by atoms with van der Waals surface area (Å²) < 4.78 is 5.21. The van der Waals surface area contributed by atoms with Gasteiger partial charge in [0.05, 0.1) is 16.6 Å². The normalized spacial score (nSPS) is 13.8. The molecule has 4 rings (SSSR count). The molecular formula is C19H20N4O2. The first-order valence-electron chi connectivity index (χ1n) is 8.42. The number of carbonyl (C=O) groups excluding carboxylic acids is 1. The number of carbonyl (C=O) groups is 1. The molecule has 0 fully saturated rings. The van der Waals surface area contributed by atoms with E-state index in [-0.39, 0.29) is 5.91 Å². The Balaban J connectivity index is 1.68. The molecule has 1 aromatic carbocycles. The predicted molar refractivity (Wildman–Crippen MR) is 97.3 cm³/mol. The Labute approximate surface area is 145 Å². The number of anilines is 2. The van der Waals surface area contributed by atoms with Gasteiger partial charge in [0.15, 0.2) is 0 Å². The smallest absolute Gasteiger partial charge is 0.258 e. The second-order valence-corrected chi connectivity index (χ2v) is 6.58. The van der Waals surface area contributed by atoms with Crippen LogP contribution in [0.25, 0.3) is 11.1 Å². The molecule has 25 heavy (non-hydrogen) atoms. The number of benzene rings is 1. The Kier molecular flexibility index (Phi) is 3.67. The summed E-state index contributed by atoms with van der Waals surface area (Å²) in [5.74, 6) is -0.175. The number of amides is 1. The van der Waals surface area contributed by atoms with Gasteiger partial charge in [-0.1, -0.05) is 5.16 Å². The van der Waals surface area contributed by atoms with Crippen LogP contribution in [0.5, 0.6) is 0 Å². The molecule has 6 heteroatoms. The molecule has 0 bridgehead atoms. The molecule has 0 radical (unpaired) electrons. The molecule has 3 aromatic rings. The number of hydrogen-bond acceptors (Lipinski definition) is 5. The van der Waals surface area contributed by atoms with Crippen LogP contribution in [0.15, 0.2) is 28.8 Å². The molecule has 0 spiro atoms. The lowest BCUT2D eigenvalue weighted by Gasteiger charge is -2.27. The van der Waals surface area contributed by atoms with Crippen molar-refractivity contribution < 1.29 is 9.32 Å². The summed E-state index contributed by atoms with van der Waals surface area (Å²) in [6, 6.07) is 7.86. The average Bonchev–Trinajstić information content (AvgIpc) is 2.95. The molecular weight excluding hydrogens is 316 g/mol. The van der Waals surface area contributed by atoms with E-state index in [9.17, 15) is 4.79 Å². The van der Waals surface area contributed by atoms with Crippen LogP contribution in [0.4, 0.5) is 11.4 Å². The largest absolute Gasteiger partial charge is 0.374 e. The fraction of sp³-hybridized carbons (Fsp3) is 0.316. The maximum absolute atomic E-state index is 12.8. The molecule has 0 saturated heterocycles. The Bertz CT molecular complexity index is 977. The van der Waals surface area contributed by atoms with E-state index >= 15 is 0 Å². The van der Waals surface area contributed by atoms with E-state index in [0.29, 0.717) is 22.4 Å². The van der Waals surface area contributed by atoms with E-state index in [1.807, 2.05) is 19.9 Å². The third-order valence-corrected chi connectivity index (χ3v) is 4.68. The fourth-order valence-electron chi connectivity index (χ4n) is 3.46. The number of pyridine rings is 1. The van der Waals surface area contributed by atoms with Gasteiger partial charge in [-0.25, -0.2) is 4.98 Å². The molecule has 128 valence electrons. The van der Waals surface area contributed by atoms with Crippen LogP contribution in [0, 0.1) is 13.8 Å². The first kappa shape index (κ1) is 15.6. The number of aromatic nitrogens is 2. The average molecular weight is 336 g/mol. The van der Waals surface area contributed by atoms with Crippen LogP contribution in [0.1, 0.15) is 33.7 Å². The van der Waals surface area contributed by atoms with Gasteiger partial charge in [-0.3, -0.25) is 4.79 Å². The molecule has 1 amide bonds. The van der Waals surface area contributed by atoms with Crippen LogP contribution in [-0.4, -0.2) is 29.6 Å². The Hall–Kier alpha value is -2.89. The lowest BCUT2D eigenvalue weighted by atomic mass is 10.0. The van der Waals surface area contributed by atoms with Crippen molar-refractivity contribution in [3.63, 3.8) is 0 Å². The van der Waals surface area contributed by atoms with E-state index < -0.39 is 0 Å². The highest BCUT2D eigenvalue weighted by Crippen LogP contribution is 2.29. The summed E-state index contributed by atoms with van der Waals surface area (Å²) in [7, 11) is 2.10. The predicted octanol–water partition coefficient (Wildman–Crippen LogP) is 3.47. The molecule has 1 aliphatic rings. The number of rotatable bonds is 2.